The lowest BCUT2D eigenvalue weighted by Crippen LogP contribution is -2.33. The molecule has 3 rings (SSSR count). The third-order valence-electron chi connectivity index (χ3n) is 3.89. The number of likely N-dealkylation sites (N-methyl/N-ethyl adjacent to an activating group) is 1. The molecule has 6 nitrogen and oxygen atoms in total. The van der Waals surface area contributed by atoms with Crippen molar-refractivity contribution < 1.29 is 4.92 Å². The maximum Gasteiger partial charge on any atom is 0.295 e. The summed E-state index contributed by atoms with van der Waals surface area (Å²) in [5.74, 6) is 0. The second-order valence-electron chi connectivity index (χ2n) is 5.02. The van der Waals surface area contributed by atoms with Gasteiger partial charge in [0, 0.05) is 43.0 Å². The Kier molecular flexibility index (Phi) is 3.23. The number of fused-ring (bicyclic) bond motifs is 1. The van der Waals surface area contributed by atoms with Crippen molar-refractivity contribution in [1.82, 2.24) is 10.3 Å². The van der Waals surface area contributed by atoms with E-state index in [1.54, 1.807) is 12.3 Å². The predicted molar refractivity (Wildman–Crippen MR) is 78.1 cm³/mol. The molecule has 6 heteroatoms. The molecule has 0 radical (unpaired) electrons. The molecule has 2 heterocycles. The number of aromatic nitrogens is 1. The Balaban J connectivity index is 2.11. The highest BCUT2D eigenvalue weighted by atomic mass is 16.6. The zero-order valence-electron chi connectivity index (χ0n) is 11.2. The van der Waals surface area contributed by atoms with Gasteiger partial charge >= 0.3 is 0 Å². The van der Waals surface area contributed by atoms with Crippen LogP contribution in [0, 0.1) is 10.1 Å². The van der Waals surface area contributed by atoms with Gasteiger partial charge in [-0.1, -0.05) is 12.1 Å². The van der Waals surface area contributed by atoms with Crippen molar-refractivity contribution in [2.45, 2.75) is 12.5 Å². The molecule has 0 spiro atoms. The first-order valence-electron chi connectivity index (χ1n) is 6.64. The molecule has 1 saturated heterocycles. The molecular formula is C14H16N4O2. The van der Waals surface area contributed by atoms with E-state index in [1.807, 2.05) is 19.2 Å². The van der Waals surface area contributed by atoms with Gasteiger partial charge in [-0.15, -0.1) is 0 Å². The SMILES string of the molecule is CN(c1ccnc2c([N+](=O)[O-])cccc12)C1CCNC1. The van der Waals surface area contributed by atoms with Crippen molar-refractivity contribution in [1.29, 1.82) is 0 Å². The minimum absolute atomic E-state index is 0.0577. The fourth-order valence-corrected chi connectivity index (χ4v) is 2.77. The lowest BCUT2D eigenvalue weighted by Gasteiger charge is -2.27. The standard InChI is InChI=1S/C14H16N4O2/c1-17(10-5-7-15-9-10)12-6-8-16-14-11(12)3-2-4-13(14)18(19)20/h2-4,6,8,10,15H,5,7,9H2,1H3. The number of hydrogen-bond donors (Lipinski definition) is 1. The molecule has 1 aliphatic rings. The molecule has 1 aromatic heterocycles. The summed E-state index contributed by atoms with van der Waals surface area (Å²) in [7, 11) is 2.03. The highest BCUT2D eigenvalue weighted by Gasteiger charge is 2.22. The molecule has 0 amide bonds. The van der Waals surface area contributed by atoms with E-state index in [1.165, 1.54) is 6.07 Å². The largest absolute Gasteiger partial charge is 0.370 e. The predicted octanol–water partition coefficient (Wildman–Crippen LogP) is 1.94. The Labute approximate surface area is 116 Å². The zero-order chi connectivity index (χ0) is 14.1. The van der Waals surface area contributed by atoms with Gasteiger partial charge in [-0.05, 0) is 19.0 Å². The first kappa shape index (κ1) is 12.8. The normalized spacial score (nSPS) is 18.4. The second-order valence-corrected chi connectivity index (χ2v) is 5.02. The van der Waals surface area contributed by atoms with Crippen LogP contribution in [0.4, 0.5) is 11.4 Å². The van der Waals surface area contributed by atoms with E-state index in [9.17, 15) is 10.1 Å². The number of nitrogens with zero attached hydrogens (tertiary/aromatic N) is 3. The molecule has 1 aromatic carbocycles. The molecular weight excluding hydrogens is 256 g/mol. The summed E-state index contributed by atoms with van der Waals surface area (Å²) >= 11 is 0. The van der Waals surface area contributed by atoms with Crippen molar-refractivity contribution in [2.75, 3.05) is 25.0 Å². The summed E-state index contributed by atoms with van der Waals surface area (Å²) in [4.78, 5) is 17.1. The van der Waals surface area contributed by atoms with Crippen LogP contribution in [0.25, 0.3) is 10.9 Å². The Morgan fingerprint density at radius 2 is 2.30 bits per heavy atom. The number of para-hydroxylation sites is 1. The van der Waals surface area contributed by atoms with Crippen molar-refractivity contribution in [2.24, 2.45) is 0 Å². The van der Waals surface area contributed by atoms with Crippen molar-refractivity contribution >= 4 is 22.3 Å². The number of anilines is 1. The molecule has 104 valence electrons. The van der Waals surface area contributed by atoms with Crippen molar-refractivity contribution in [3.63, 3.8) is 0 Å². The molecule has 0 bridgehead atoms. The Hall–Kier alpha value is -2.21. The second kappa shape index (κ2) is 5.05. The highest BCUT2D eigenvalue weighted by molar-refractivity contribution is 5.96. The number of pyridine rings is 1. The lowest BCUT2D eigenvalue weighted by molar-refractivity contribution is -0.383. The van der Waals surface area contributed by atoms with E-state index in [4.69, 9.17) is 0 Å². The van der Waals surface area contributed by atoms with E-state index in [0.29, 0.717) is 11.6 Å². The van der Waals surface area contributed by atoms with Crippen LogP contribution in [-0.4, -0.2) is 36.1 Å². The zero-order valence-corrected chi connectivity index (χ0v) is 11.2. The topological polar surface area (TPSA) is 71.3 Å². The van der Waals surface area contributed by atoms with E-state index < -0.39 is 0 Å². The van der Waals surface area contributed by atoms with E-state index in [2.05, 4.69) is 15.2 Å². The lowest BCUT2D eigenvalue weighted by atomic mass is 10.1. The fraction of sp³-hybridized carbons (Fsp3) is 0.357. The van der Waals surface area contributed by atoms with Gasteiger partial charge in [0.25, 0.3) is 5.69 Å². The number of non-ortho nitro benzene ring substituents is 1. The first-order valence-corrected chi connectivity index (χ1v) is 6.64. The minimum Gasteiger partial charge on any atom is -0.370 e. The summed E-state index contributed by atoms with van der Waals surface area (Å²) in [6.07, 6.45) is 2.72. The number of nitro benzene ring substituents is 1. The summed E-state index contributed by atoms with van der Waals surface area (Å²) in [5.41, 5.74) is 1.50. The van der Waals surface area contributed by atoms with Crippen LogP contribution in [-0.2, 0) is 0 Å². The molecule has 1 fully saturated rings. The van der Waals surface area contributed by atoms with Crippen LogP contribution in [0.5, 0.6) is 0 Å². The average molecular weight is 272 g/mol. The number of hydrogen-bond acceptors (Lipinski definition) is 5. The molecule has 1 atom stereocenters. The third kappa shape index (κ3) is 2.08. The van der Waals surface area contributed by atoms with Gasteiger partial charge in [-0.3, -0.25) is 10.1 Å². The van der Waals surface area contributed by atoms with Crippen LogP contribution in [0.3, 0.4) is 0 Å². The molecule has 1 aliphatic heterocycles. The number of benzene rings is 1. The van der Waals surface area contributed by atoms with Gasteiger partial charge in [0.15, 0.2) is 0 Å². The summed E-state index contributed by atoms with van der Waals surface area (Å²) in [5, 5.41) is 15.3. The quantitative estimate of drug-likeness (QED) is 0.683. The molecule has 0 aliphatic carbocycles. The number of rotatable bonds is 3. The van der Waals surface area contributed by atoms with Gasteiger partial charge in [0.2, 0.25) is 0 Å². The van der Waals surface area contributed by atoms with Crippen LogP contribution in [0.15, 0.2) is 30.5 Å². The van der Waals surface area contributed by atoms with Crippen LogP contribution >= 0.6 is 0 Å². The van der Waals surface area contributed by atoms with Crippen LogP contribution in [0.2, 0.25) is 0 Å². The fourth-order valence-electron chi connectivity index (χ4n) is 2.77. The number of nitrogens with one attached hydrogen (secondary N) is 1. The van der Waals surface area contributed by atoms with E-state index in [0.717, 1.165) is 30.6 Å². The Morgan fingerprint density at radius 1 is 1.45 bits per heavy atom. The smallest absolute Gasteiger partial charge is 0.295 e. The maximum atomic E-state index is 11.1. The van der Waals surface area contributed by atoms with Crippen LogP contribution < -0.4 is 10.2 Å². The summed E-state index contributed by atoms with van der Waals surface area (Å²) < 4.78 is 0. The summed E-state index contributed by atoms with van der Waals surface area (Å²) in [6, 6.07) is 7.44. The molecule has 20 heavy (non-hydrogen) atoms. The van der Waals surface area contributed by atoms with Gasteiger partial charge in [-0.2, -0.15) is 0 Å². The molecule has 2 aromatic rings. The van der Waals surface area contributed by atoms with Gasteiger partial charge in [0.05, 0.1) is 4.92 Å². The van der Waals surface area contributed by atoms with Gasteiger partial charge in [0.1, 0.15) is 5.52 Å². The monoisotopic (exact) mass is 272 g/mol. The van der Waals surface area contributed by atoms with Gasteiger partial charge < -0.3 is 10.2 Å². The first-order chi connectivity index (χ1) is 9.68. The molecule has 1 N–H and O–H groups in total. The van der Waals surface area contributed by atoms with E-state index in [-0.39, 0.29) is 10.6 Å². The van der Waals surface area contributed by atoms with Crippen molar-refractivity contribution in [3.05, 3.63) is 40.6 Å². The number of nitro groups is 1. The highest BCUT2D eigenvalue weighted by Crippen LogP contribution is 2.31. The third-order valence-corrected chi connectivity index (χ3v) is 3.89. The maximum absolute atomic E-state index is 11.1. The van der Waals surface area contributed by atoms with Crippen molar-refractivity contribution in [3.8, 4) is 0 Å². The van der Waals surface area contributed by atoms with Gasteiger partial charge in [-0.25, -0.2) is 4.98 Å². The minimum atomic E-state index is -0.379. The Bertz CT molecular complexity index is 653. The molecule has 0 saturated carbocycles. The van der Waals surface area contributed by atoms with E-state index >= 15 is 0 Å². The Morgan fingerprint density at radius 3 is 3.00 bits per heavy atom. The summed E-state index contributed by atoms with van der Waals surface area (Å²) in [6.45, 7) is 1.95. The average Bonchev–Trinajstić information content (AvgIpc) is 2.99. The molecule has 1 unspecified atom stereocenters. The van der Waals surface area contributed by atoms with Crippen LogP contribution in [0.1, 0.15) is 6.42 Å².